The molecule has 6 heteroatoms. The van der Waals surface area contributed by atoms with Gasteiger partial charge in [0.15, 0.2) is 0 Å². The normalized spacial score (nSPS) is 14.7. The van der Waals surface area contributed by atoms with Crippen molar-refractivity contribution in [3.8, 4) is 11.3 Å². The average Bonchev–Trinajstić information content (AvgIpc) is 2.60. The fourth-order valence-electron chi connectivity index (χ4n) is 2.66. The van der Waals surface area contributed by atoms with Gasteiger partial charge in [-0.25, -0.2) is 4.68 Å². The smallest absolute Gasteiger partial charge is 0.267 e. The molecule has 2 heterocycles. The molecule has 1 aromatic heterocycles. The SMILES string of the molecule is Cc1ccc(-c2ccc(=O)n(CC(=O)N3CCOCC3)n2)cc1C. The molecular formula is C18H21N3O3. The summed E-state index contributed by atoms with van der Waals surface area (Å²) < 4.78 is 6.48. The number of amides is 1. The van der Waals surface area contributed by atoms with Gasteiger partial charge in [-0.2, -0.15) is 5.10 Å². The molecule has 1 fully saturated rings. The number of benzene rings is 1. The fraction of sp³-hybridized carbons (Fsp3) is 0.389. The van der Waals surface area contributed by atoms with Gasteiger partial charge in [0.2, 0.25) is 5.91 Å². The molecule has 1 amide bonds. The molecule has 0 unspecified atom stereocenters. The standard InChI is InChI=1S/C18H21N3O3/c1-13-3-4-15(11-14(13)2)16-5-6-17(22)21(19-16)12-18(23)20-7-9-24-10-8-20/h3-6,11H,7-10,12H2,1-2H3. The molecule has 3 rings (SSSR count). The lowest BCUT2D eigenvalue weighted by Gasteiger charge is -2.26. The summed E-state index contributed by atoms with van der Waals surface area (Å²) in [4.78, 5) is 26.1. The molecule has 0 aliphatic carbocycles. The third-order valence-electron chi connectivity index (χ3n) is 4.32. The van der Waals surface area contributed by atoms with Crippen LogP contribution in [0.1, 0.15) is 11.1 Å². The maximum Gasteiger partial charge on any atom is 0.267 e. The van der Waals surface area contributed by atoms with E-state index in [1.165, 1.54) is 16.3 Å². The van der Waals surface area contributed by atoms with Crippen LogP contribution in [0.25, 0.3) is 11.3 Å². The Kier molecular flexibility index (Phi) is 4.76. The molecule has 6 nitrogen and oxygen atoms in total. The van der Waals surface area contributed by atoms with E-state index in [-0.39, 0.29) is 18.0 Å². The van der Waals surface area contributed by atoms with E-state index in [9.17, 15) is 9.59 Å². The highest BCUT2D eigenvalue weighted by Crippen LogP contribution is 2.19. The first-order chi connectivity index (χ1) is 11.5. The largest absolute Gasteiger partial charge is 0.378 e. The van der Waals surface area contributed by atoms with Crippen LogP contribution in [-0.4, -0.2) is 46.9 Å². The van der Waals surface area contributed by atoms with Crippen LogP contribution in [-0.2, 0) is 16.1 Å². The number of hydrogen-bond donors (Lipinski definition) is 0. The van der Waals surface area contributed by atoms with Crippen LogP contribution in [0.15, 0.2) is 35.1 Å². The minimum atomic E-state index is -0.274. The van der Waals surface area contributed by atoms with E-state index in [2.05, 4.69) is 12.0 Å². The summed E-state index contributed by atoms with van der Waals surface area (Å²) in [6.07, 6.45) is 0. The summed E-state index contributed by atoms with van der Waals surface area (Å²) in [6, 6.07) is 9.20. The topological polar surface area (TPSA) is 64.4 Å². The number of morpholine rings is 1. The third-order valence-corrected chi connectivity index (χ3v) is 4.32. The molecule has 0 atom stereocenters. The van der Waals surface area contributed by atoms with Crippen molar-refractivity contribution in [2.45, 2.75) is 20.4 Å². The number of rotatable bonds is 3. The van der Waals surface area contributed by atoms with Crippen molar-refractivity contribution >= 4 is 5.91 Å². The van der Waals surface area contributed by atoms with E-state index in [0.29, 0.717) is 32.0 Å². The highest BCUT2D eigenvalue weighted by molar-refractivity contribution is 5.76. The third kappa shape index (κ3) is 3.54. The molecule has 0 bridgehead atoms. The van der Waals surface area contributed by atoms with Gasteiger partial charge in [-0.1, -0.05) is 12.1 Å². The molecule has 24 heavy (non-hydrogen) atoms. The van der Waals surface area contributed by atoms with Crippen molar-refractivity contribution in [3.63, 3.8) is 0 Å². The van der Waals surface area contributed by atoms with Gasteiger partial charge in [-0.05, 0) is 37.1 Å². The first kappa shape index (κ1) is 16.4. The molecule has 1 aromatic carbocycles. The molecule has 0 radical (unpaired) electrons. The minimum Gasteiger partial charge on any atom is -0.378 e. The maximum atomic E-state index is 12.3. The zero-order chi connectivity index (χ0) is 17.1. The van der Waals surface area contributed by atoms with Crippen LogP contribution >= 0.6 is 0 Å². The second-order valence-electron chi connectivity index (χ2n) is 6.01. The Bertz CT molecular complexity index is 807. The Morgan fingerprint density at radius 1 is 1.12 bits per heavy atom. The lowest BCUT2D eigenvalue weighted by atomic mass is 10.0. The Hall–Kier alpha value is -2.47. The fourth-order valence-corrected chi connectivity index (χ4v) is 2.66. The van der Waals surface area contributed by atoms with E-state index in [4.69, 9.17) is 4.74 Å². The van der Waals surface area contributed by atoms with Crippen molar-refractivity contribution in [2.75, 3.05) is 26.3 Å². The Morgan fingerprint density at radius 2 is 1.88 bits per heavy atom. The zero-order valence-corrected chi connectivity index (χ0v) is 14.0. The van der Waals surface area contributed by atoms with Gasteiger partial charge >= 0.3 is 0 Å². The van der Waals surface area contributed by atoms with E-state index in [1.807, 2.05) is 25.1 Å². The summed E-state index contributed by atoms with van der Waals surface area (Å²) in [7, 11) is 0. The second kappa shape index (κ2) is 6.97. The summed E-state index contributed by atoms with van der Waals surface area (Å²) in [6.45, 7) is 6.24. The van der Waals surface area contributed by atoms with Crippen LogP contribution in [0, 0.1) is 13.8 Å². The van der Waals surface area contributed by atoms with Crippen molar-refractivity contribution < 1.29 is 9.53 Å². The quantitative estimate of drug-likeness (QED) is 0.854. The van der Waals surface area contributed by atoms with Gasteiger partial charge < -0.3 is 9.64 Å². The molecule has 1 aliphatic rings. The first-order valence-corrected chi connectivity index (χ1v) is 8.06. The second-order valence-corrected chi connectivity index (χ2v) is 6.01. The van der Waals surface area contributed by atoms with Crippen molar-refractivity contribution in [1.29, 1.82) is 0 Å². The van der Waals surface area contributed by atoms with Crippen molar-refractivity contribution in [3.05, 3.63) is 51.8 Å². The predicted molar refractivity (Wildman–Crippen MR) is 90.8 cm³/mol. The van der Waals surface area contributed by atoms with Gasteiger partial charge in [0, 0.05) is 24.7 Å². The summed E-state index contributed by atoms with van der Waals surface area (Å²) >= 11 is 0. The van der Waals surface area contributed by atoms with Gasteiger partial charge in [-0.3, -0.25) is 9.59 Å². The summed E-state index contributed by atoms with van der Waals surface area (Å²) in [5.41, 5.74) is 3.72. The first-order valence-electron chi connectivity index (χ1n) is 8.06. The zero-order valence-electron chi connectivity index (χ0n) is 14.0. The van der Waals surface area contributed by atoms with Crippen LogP contribution in [0.5, 0.6) is 0 Å². The van der Waals surface area contributed by atoms with Crippen molar-refractivity contribution in [2.24, 2.45) is 0 Å². The number of aromatic nitrogens is 2. The molecule has 0 spiro atoms. The number of carbonyl (C=O) groups is 1. The molecule has 1 saturated heterocycles. The number of hydrogen-bond acceptors (Lipinski definition) is 4. The average molecular weight is 327 g/mol. The molecular weight excluding hydrogens is 306 g/mol. The number of carbonyl (C=O) groups excluding carboxylic acids is 1. The van der Waals surface area contributed by atoms with E-state index in [1.54, 1.807) is 11.0 Å². The number of nitrogens with zero attached hydrogens (tertiary/aromatic N) is 3. The summed E-state index contributed by atoms with van der Waals surface area (Å²) in [5, 5.41) is 4.37. The Morgan fingerprint density at radius 3 is 2.58 bits per heavy atom. The highest BCUT2D eigenvalue weighted by atomic mass is 16.5. The van der Waals surface area contributed by atoms with Gasteiger partial charge in [0.25, 0.3) is 5.56 Å². The van der Waals surface area contributed by atoms with Gasteiger partial charge in [0.1, 0.15) is 6.54 Å². The van der Waals surface area contributed by atoms with Crippen LogP contribution in [0.2, 0.25) is 0 Å². The van der Waals surface area contributed by atoms with E-state index >= 15 is 0 Å². The lowest BCUT2D eigenvalue weighted by molar-refractivity contribution is -0.136. The predicted octanol–water partition coefficient (Wildman–Crippen LogP) is 1.39. The van der Waals surface area contributed by atoms with Crippen LogP contribution < -0.4 is 5.56 Å². The van der Waals surface area contributed by atoms with Gasteiger partial charge in [0.05, 0.1) is 18.9 Å². The maximum absolute atomic E-state index is 12.3. The lowest BCUT2D eigenvalue weighted by Crippen LogP contribution is -2.43. The molecule has 0 saturated carbocycles. The Labute approximate surface area is 140 Å². The highest BCUT2D eigenvalue weighted by Gasteiger charge is 2.18. The van der Waals surface area contributed by atoms with Gasteiger partial charge in [-0.15, -0.1) is 0 Å². The molecule has 1 aliphatic heterocycles. The van der Waals surface area contributed by atoms with Crippen LogP contribution in [0.4, 0.5) is 0 Å². The van der Waals surface area contributed by atoms with Crippen LogP contribution in [0.3, 0.4) is 0 Å². The van der Waals surface area contributed by atoms with Crippen molar-refractivity contribution in [1.82, 2.24) is 14.7 Å². The monoisotopic (exact) mass is 327 g/mol. The minimum absolute atomic E-state index is 0.0441. The Balaban J connectivity index is 1.84. The number of ether oxygens (including phenoxy) is 1. The molecule has 2 aromatic rings. The molecule has 126 valence electrons. The van der Waals surface area contributed by atoms with E-state index < -0.39 is 0 Å². The number of aryl methyl sites for hydroxylation is 2. The van der Waals surface area contributed by atoms with E-state index in [0.717, 1.165) is 11.1 Å². The summed E-state index contributed by atoms with van der Waals surface area (Å²) in [5.74, 6) is -0.106. The molecule has 0 N–H and O–H groups in total.